The van der Waals surface area contributed by atoms with Crippen LogP contribution in [0.15, 0.2) is 0 Å². The molecule has 5 nitrogen and oxygen atoms in total. The molecule has 0 spiro atoms. The van der Waals surface area contributed by atoms with Crippen molar-refractivity contribution in [1.82, 2.24) is 4.72 Å². The molecular formula is C14H27NO4S. The van der Waals surface area contributed by atoms with E-state index in [4.69, 9.17) is 4.74 Å². The second kappa shape index (κ2) is 6.43. The molecule has 1 N–H and O–H groups in total. The Labute approximate surface area is 122 Å². The van der Waals surface area contributed by atoms with Crippen LogP contribution in [-0.4, -0.2) is 31.8 Å². The van der Waals surface area contributed by atoms with Crippen molar-refractivity contribution in [3.8, 4) is 0 Å². The van der Waals surface area contributed by atoms with Gasteiger partial charge in [-0.25, -0.2) is 13.1 Å². The first-order valence-corrected chi connectivity index (χ1v) is 8.92. The first-order valence-electron chi connectivity index (χ1n) is 7.27. The molecule has 0 unspecified atom stereocenters. The van der Waals surface area contributed by atoms with Gasteiger partial charge >= 0.3 is 5.97 Å². The Kier molecular flexibility index (Phi) is 5.61. The normalized spacial score (nSPS) is 19.4. The molecule has 0 amide bonds. The van der Waals surface area contributed by atoms with Gasteiger partial charge in [0.25, 0.3) is 0 Å². The van der Waals surface area contributed by atoms with E-state index in [2.05, 4.69) is 4.72 Å². The van der Waals surface area contributed by atoms with Crippen molar-refractivity contribution >= 4 is 16.0 Å². The fourth-order valence-corrected chi connectivity index (χ4v) is 3.60. The molecule has 0 aromatic rings. The van der Waals surface area contributed by atoms with Gasteiger partial charge in [0.1, 0.15) is 11.6 Å². The lowest BCUT2D eigenvalue weighted by atomic mass is 10.00. The number of nitrogens with one attached hydrogen (secondary N) is 1. The molecule has 118 valence electrons. The number of esters is 1. The summed E-state index contributed by atoms with van der Waals surface area (Å²) in [6.45, 7) is 9.11. The molecule has 6 heteroatoms. The van der Waals surface area contributed by atoms with Crippen LogP contribution in [0.1, 0.15) is 53.9 Å². The van der Waals surface area contributed by atoms with Crippen LogP contribution in [0.3, 0.4) is 0 Å². The second-order valence-corrected chi connectivity index (χ2v) is 8.54. The average molecular weight is 305 g/mol. The molecule has 0 heterocycles. The fraction of sp³-hybridized carbons (Fsp3) is 0.929. The molecule has 1 saturated carbocycles. The minimum absolute atomic E-state index is 0.0983. The van der Waals surface area contributed by atoms with Gasteiger partial charge in [0.15, 0.2) is 0 Å². The molecule has 0 aliphatic heterocycles. The van der Waals surface area contributed by atoms with Crippen molar-refractivity contribution in [2.24, 2.45) is 11.8 Å². The van der Waals surface area contributed by atoms with Crippen molar-refractivity contribution in [2.45, 2.75) is 65.5 Å². The smallest absolute Gasteiger partial charge is 0.324 e. The molecular weight excluding hydrogens is 278 g/mol. The zero-order valence-electron chi connectivity index (χ0n) is 13.1. The minimum Gasteiger partial charge on any atom is -0.459 e. The van der Waals surface area contributed by atoms with Crippen molar-refractivity contribution in [1.29, 1.82) is 0 Å². The fourth-order valence-electron chi connectivity index (χ4n) is 1.83. The Morgan fingerprint density at radius 3 is 2.30 bits per heavy atom. The van der Waals surface area contributed by atoms with Gasteiger partial charge in [-0.05, 0) is 45.4 Å². The van der Waals surface area contributed by atoms with E-state index in [-0.39, 0.29) is 17.6 Å². The Hall–Kier alpha value is -0.620. The third kappa shape index (κ3) is 6.22. The number of hydrogen-bond acceptors (Lipinski definition) is 4. The largest absolute Gasteiger partial charge is 0.459 e. The summed E-state index contributed by atoms with van der Waals surface area (Å²) in [4.78, 5) is 12.2. The molecule has 1 fully saturated rings. The van der Waals surface area contributed by atoms with Gasteiger partial charge in [0.2, 0.25) is 10.0 Å². The Bertz CT molecular complexity index is 435. The summed E-state index contributed by atoms with van der Waals surface area (Å²) >= 11 is 0. The van der Waals surface area contributed by atoms with Crippen LogP contribution in [0.4, 0.5) is 0 Å². The average Bonchev–Trinajstić information content (AvgIpc) is 3.05. The molecule has 1 rings (SSSR count). The zero-order chi connectivity index (χ0) is 15.6. The van der Waals surface area contributed by atoms with Crippen LogP contribution in [-0.2, 0) is 19.6 Å². The van der Waals surface area contributed by atoms with Crippen LogP contribution in [0.5, 0.6) is 0 Å². The standard InChI is InChI=1S/C14H27NO4S/c1-6-10(2)12(13(16)19-14(3,4)5)15-20(17,18)9-11-7-8-11/h10-12,15H,6-9H2,1-5H3/t10-,12-/m0/s1. The van der Waals surface area contributed by atoms with Gasteiger partial charge in [0, 0.05) is 0 Å². The molecule has 20 heavy (non-hydrogen) atoms. The van der Waals surface area contributed by atoms with Crippen molar-refractivity contribution in [3.05, 3.63) is 0 Å². The molecule has 1 aliphatic carbocycles. The number of carbonyl (C=O) groups is 1. The first kappa shape index (κ1) is 17.4. The van der Waals surface area contributed by atoms with Crippen LogP contribution in [0, 0.1) is 11.8 Å². The van der Waals surface area contributed by atoms with Crippen molar-refractivity contribution < 1.29 is 17.9 Å². The molecule has 0 aromatic carbocycles. The van der Waals surface area contributed by atoms with Crippen LogP contribution in [0.2, 0.25) is 0 Å². The van der Waals surface area contributed by atoms with Crippen LogP contribution < -0.4 is 4.72 Å². The van der Waals surface area contributed by atoms with Crippen molar-refractivity contribution in [3.63, 3.8) is 0 Å². The molecule has 0 bridgehead atoms. The van der Waals surface area contributed by atoms with E-state index >= 15 is 0 Å². The van der Waals surface area contributed by atoms with Gasteiger partial charge < -0.3 is 4.74 Å². The van der Waals surface area contributed by atoms with Gasteiger partial charge in [-0.3, -0.25) is 4.79 Å². The van der Waals surface area contributed by atoms with Gasteiger partial charge in [0.05, 0.1) is 5.75 Å². The zero-order valence-corrected chi connectivity index (χ0v) is 13.9. The topological polar surface area (TPSA) is 72.5 Å². The molecule has 0 saturated heterocycles. The van der Waals surface area contributed by atoms with E-state index in [1.807, 2.05) is 13.8 Å². The Morgan fingerprint density at radius 1 is 1.35 bits per heavy atom. The number of rotatable bonds is 7. The number of carbonyl (C=O) groups excluding carboxylic acids is 1. The third-order valence-electron chi connectivity index (χ3n) is 3.33. The maximum absolute atomic E-state index is 12.2. The number of sulfonamides is 1. The monoisotopic (exact) mass is 305 g/mol. The van der Waals surface area contributed by atoms with Crippen LogP contribution >= 0.6 is 0 Å². The lowest BCUT2D eigenvalue weighted by molar-refractivity contribution is -0.158. The number of hydrogen-bond donors (Lipinski definition) is 1. The SMILES string of the molecule is CC[C@H](C)[C@H](NS(=O)(=O)CC1CC1)C(=O)OC(C)(C)C. The highest BCUT2D eigenvalue weighted by Crippen LogP contribution is 2.30. The van der Waals surface area contributed by atoms with E-state index in [1.165, 1.54) is 0 Å². The Morgan fingerprint density at radius 2 is 1.90 bits per heavy atom. The first-order chi connectivity index (χ1) is 9.04. The second-order valence-electron chi connectivity index (χ2n) is 6.74. The molecule has 0 radical (unpaired) electrons. The quantitative estimate of drug-likeness (QED) is 0.731. The van der Waals surface area contributed by atoms with E-state index in [0.29, 0.717) is 6.42 Å². The Balaban J connectivity index is 2.75. The summed E-state index contributed by atoms with van der Waals surface area (Å²) in [5.74, 6) is -0.225. The number of ether oxygens (including phenoxy) is 1. The highest BCUT2D eigenvalue weighted by Gasteiger charge is 2.35. The summed E-state index contributed by atoms with van der Waals surface area (Å²) in [5, 5.41) is 0. The van der Waals surface area contributed by atoms with E-state index in [0.717, 1.165) is 12.8 Å². The lowest BCUT2D eigenvalue weighted by Gasteiger charge is -2.27. The predicted molar refractivity (Wildman–Crippen MR) is 78.7 cm³/mol. The highest BCUT2D eigenvalue weighted by molar-refractivity contribution is 7.89. The third-order valence-corrected chi connectivity index (χ3v) is 4.86. The minimum atomic E-state index is -3.42. The van der Waals surface area contributed by atoms with Gasteiger partial charge in [-0.1, -0.05) is 20.3 Å². The van der Waals surface area contributed by atoms with Crippen molar-refractivity contribution in [2.75, 3.05) is 5.75 Å². The summed E-state index contributed by atoms with van der Waals surface area (Å²) in [6.07, 6.45) is 2.62. The van der Waals surface area contributed by atoms with Gasteiger partial charge in [-0.2, -0.15) is 0 Å². The maximum Gasteiger partial charge on any atom is 0.324 e. The summed E-state index contributed by atoms with van der Waals surface area (Å²) < 4.78 is 32.0. The van der Waals surface area contributed by atoms with Crippen LogP contribution in [0.25, 0.3) is 0 Å². The van der Waals surface area contributed by atoms with Gasteiger partial charge in [-0.15, -0.1) is 0 Å². The summed E-state index contributed by atoms with van der Waals surface area (Å²) in [6, 6.07) is -0.803. The molecule has 1 aliphatic rings. The maximum atomic E-state index is 12.2. The van der Waals surface area contributed by atoms with E-state index in [1.54, 1.807) is 20.8 Å². The molecule has 2 atom stereocenters. The van der Waals surface area contributed by atoms with E-state index in [9.17, 15) is 13.2 Å². The highest BCUT2D eigenvalue weighted by atomic mass is 32.2. The lowest BCUT2D eigenvalue weighted by Crippen LogP contribution is -2.48. The molecule has 0 aromatic heterocycles. The van der Waals surface area contributed by atoms with E-state index < -0.39 is 27.6 Å². The predicted octanol–water partition coefficient (Wildman–Crippen LogP) is 2.07. The summed E-state index contributed by atoms with van der Waals surface area (Å²) in [5.41, 5.74) is -0.620. The summed E-state index contributed by atoms with van der Waals surface area (Å²) in [7, 11) is -3.42.